The van der Waals surface area contributed by atoms with Gasteiger partial charge in [0.2, 0.25) is 0 Å². The minimum Gasteiger partial charge on any atom is -0.480 e. The van der Waals surface area contributed by atoms with Gasteiger partial charge in [0.25, 0.3) is 0 Å². The van der Waals surface area contributed by atoms with Gasteiger partial charge in [-0.15, -0.1) is 0 Å². The molecule has 1 saturated heterocycles. The second kappa shape index (κ2) is 10.4. The Kier molecular flexibility index (Phi) is 7.11. The molecule has 3 aliphatic rings. The van der Waals surface area contributed by atoms with Crippen LogP contribution in [0.3, 0.4) is 0 Å². The number of alkyl halides is 1. The van der Waals surface area contributed by atoms with Gasteiger partial charge in [-0.3, -0.25) is 9.69 Å². The Hall–Kier alpha value is -2.51. The number of nitrogens with zero attached hydrogens (tertiary/aromatic N) is 2. The van der Waals surface area contributed by atoms with Gasteiger partial charge in [0, 0.05) is 31.9 Å². The first kappa shape index (κ1) is 23.2. The van der Waals surface area contributed by atoms with E-state index in [-0.39, 0.29) is 6.54 Å². The molecule has 1 saturated carbocycles. The smallest absolute Gasteiger partial charge is 0.325 e. The number of fused-ring (bicyclic) bond motifs is 1. The molecular weight excluding hydrogens is 433 g/mol. The van der Waals surface area contributed by atoms with Gasteiger partial charge in [-0.25, -0.2) is 9.37 Å². The Morgan fingerprint density at radius 2 is 2.06 bits per heavy atom. The number of likely N-dealkylation sites (tertiary alicyclic amines) is 1. The van der Waals surface area contributed by atoms with E-state index in [0.717, 1.165) is 74.1 Å². The molecule has 182 valence electrons. The molecule has 6 nitrogen and oxygen atoms in total. The zero-order valence-corrected chi connectivity index (χ0v) is 19.6. The number of unbranched alkanes of at least 4 members (excludes halogenated alkanes) is 1. The van der Waals surface area contributed by atoms with Gasteiger partial charge in [0.15, 0.2) is 0 Å². The van der Waals surface area contributed by atoms with E-state index >= 15 is 0 Å². The Balaban J connectivity index is 1.12. The molecular formula is C27H34FN3O3. The van der Waals surface area contributed by atoms with E-state index in [1.807, 2.05) is 24.3 Å². The lowest BCUT2D eigenvalue weighted by Gasteiger charge is -2.26. The third kappa shape index (κ3) is 5.26. The molecule has 1 aromatic carbocycles. The molecule has 2 N–H and O–H groups in total. The van der Waals surface area contributed by atoms with Crippen LogP contribution in [-0.2, 0) is 22.4 Å². The van der Waals surface area contributed by atoms with Crippen LogP contribution in [0.15, 0.2) is 36.4 Å². The minimum absolute atomic E-state index is 0.0900. The van der Waals surface area contributed by atoms with Gasteiger partial charge in [-0.2, -0.15) is 0 Å². The van der Waals surface area contributed by atoms with Gasteiger partial charge >= 0.3 is 5.97 Å². The molecule has 2 fully saturated rings. The van der Waals surface area contributed by atoms with E-state index in [2.05, 4.69) is 17.4 Å². The summed E-state index contributed by atoms with van der Waals surface area (Å²) in [4.78, 5) is 18.7. The number of aryl methyl sites for hydroxylation is 2. The van der Waals surface area contributed by atoms with Crippen LogP contribution in [0.5, 0.6) is 0 Å². The van der Waals surface area contributed by atoms with E-state index in [1.165, 1.54) is 5.56 Å². The molecule has 2 aliphatic heterocycles. The summed E-state index contributed by atoms with van der Waals surface area (Å²) in [7, 11) is 0. The first-order valence-electron chi connectivity index (χ1n) is 12.6. The van der Waals surface area contributed by atoms with Crippen molar-refractivity contribution >= 4 is 11.8 Å². The van der Waals surface area contributed by atoms with Crippen molar-refractivity contribution < 1.29 is 19.0 Å². The highest BCUT2D eigenvalue weighted by Gasteiger charge is 2.42. The largest absolute Gasteiger partial charge is 0.480 e. The van der Waals surface area contributed by atoms with E-state index in [4.69, 9.17) is 9.72 Å². The molecule has 0 amide bonds. The van der Waals surface area contributed by atoms with Crippen molar-refractivity contribution in [1.82, 2.24) is 9.88 Å². The zero-order chi connectivity index (χ0) is 23.5. The van der Waals surface area contributed by atoms with E-state index < -0.39 is 24.3 Å². The van der Waals surface area contributed by atoms with Gasteiger partial charge in [-0.05, 0) is 73.6 Å². The number of nitrogens with one attached hydrogen (secondary N) is 1. The summed E-state index contributed by atoms with van der Waals surface area (Å²) >= 11 is 0. The lowest BCUT2D eigenvalue weighted by atomic mass is 9.96. The fraction of sp³-hybridized carbons (Fsp3) is 0.556. The van der Waals surface area contributed by atoms with Crippen molar-refractivity contribution in [3.8, 4) is 0 Å². The van der Waals surface area contributed by atoms with Crippen LogP contribution in [0, 0.1) is 0 Å². The highest BCUT2D eigenvalue weighted by molar-refractivity contribution is 5.76. The zero-order valence-electron chi connectivity index (χ0n) is 19.6. The number of benzene rings is 1. The second-order valence-electron chi connectivity index (χ2n) is 9.82. The Morgan fingerprint density at radius 1 is 1.21 bits per heavy atom. The maximum Gasteiger partial charge on any atom is 0.325 e. The first-order valence-corrected chi connectivity index (χ1v) is 12.6. The number of hydrogen-bond donors (Lipinski definition) is 2. The highest BCUT2D eigenvalue weighted by atomic mass is 19.1. The first-order chi connectivity index (χ1) is 16.6. The Morgan fingerprint density at radius 3 is 2.88 bits per heavy atom. The van der Waals surface area contributed by atoms with Crippen molar-refractivity contribution in [2.75, 3.05) is 31.6 Å². The standard InChI is InChI=1S/C27H34FN3O3/c28-23-16-31(25(27(32)33)22-9-2-1-8-21(22)18-10-11-18)17-24(23)34-15-4-3-7-20-13-12-19-6-5-14-29-26(19)30-20/h1-2,8-9,12-13,18,23-25H,3-7,10-11,14-17H2,(H,29,30)(H,32,33)/t23-,24+,25?/m1/s1. The normalized spacial score (nSPS) is 23.3. The monoisotopic (exact) mass is 467 g/mol. The quantitative estimate of drug-likeness (QED) is 0.501. The van der Waals surface area contributed by atoms with Gasteiger partial charge in [0.05, 0.1) is 0 Å². The molecule has 2 aromatic rings. The maximum atomic E-state index is 14.8. The average Bonchev–Trinajstić information content (AvgIpc) is 3.62. The number of halogens is 1. The summed E-state index contributed by atoms with van der Waals surface area (Å²) in [5.74, 6) is 0.532. The lowest BCUT2D eigenvalue weighted by molar-refractivity contribution is -0.143. The Labute approximate surface area is 200 Å². The molecule has 1 unspecified atom stereocenters. The molecule has 3 heterocycles. The summed E-state index contributed by atoms with van der Waals surface area (Å²) in [6.07, 6.45) is 5.28. The third-order valence-electron chi connectivity index (χ3n) is 7.24. The average molecular weight is 468 g/mol. The van der Waals surface area contributed by atoms with Crippen molar-refractivity contribution in [3.05, 3.63) is 58.8 Å². The van der Waals surface area contributed by atoms with Crippen molar-refractivity contribution in [3.63, 3.8) is 0 Å². The molecule has 7 heteroatoms. The predicted molar refractivity (Wildman–Crippen MR) is 129 cm³/mol. The molecule has 1 aliphatic carbocycles. The van der Waals surface area contributed by atoms with Gasteiger partial charge < -0.3 is 15.2 Å². The number of anilines is 1. The van der Waals surface area contributed by atoms with Crippen molar-refractivity contribution in [2.24, 2.45) is 0 Å². The molecule has 1 aromatic heterocycles. The van der Waals surface area contributed by atoms with Crippen molar-refractivity contribution in [1.29, 1.82) is 0 Å². The number of carboxylic acid groups (broad SMARTS) is 1. The minimum atomic E-state index is -1.18. The van der Waals surface area contributed by atoms with E-state index in [1.54, 1.807) is 4.90 Å². The summed E-state index contributed by atoms with van der Waals surface area (Å²) in [6.45, 7) is 1.84. The fourth-order valence-corrected chi connectivity index (χ4v) is 5.29. The number of carbonyl (C=O) groups is 1. The van der Waals surface area contributed by atoms with Crippen LogP contribution in [0.4, 0.5) is 10.2 Å². The summed E-state index contributed by atoms with van der Waals surface area (Å²) in [5, 5.41) is 13.4. The van der Waals surface area contributed by atoms with Crippen LogP contribution < -0.4 is 5.32 Å². The van der Waals surface area contributed by atoms with Crippen LogP contribution in [0.2, 0.25) is 0 Å². The number of ether oxygens (including phenoxy) is 1. The molecule has 0 bridgehead atoms. The van der Waals surface area contributed by atoms with Gasteiger partial charge in [0.1, 0.15) is 24.1 Å². The number of hydrogen-bond acceptors (Lipinski definition) is 5. The molecule has 0 spiro atoms. The van der Waals surface area contributed by atoms with Crippen molar-refractivity contribution in [2.45, 2.75) is 69.2 Å². The predicted octanol–water partition coefficient (Wildman–Crippen LogP) is 4.50. The van der Waals surface area contributed by atoms with E-state index in [0.29, 0.717) is 19.1 Å². The second-order valence-corrected chi connectivity index (χ2v) is 9.82. The number of pyridine rings is 1. The molecule has 0 radical (unpaired) electrons. The summed E-state index contributed by atoms with van der Waals surface area (Å²) in [6, 6.07) is 11.2. The maximum absolute atomic E-state index is 14.8. The lowest BCUT2D eigenvalue weighted by Crippen LogP contribution is -2.34. The van der Waals surface area contributed by atoms with Gasteiger partial charge in [-0.1, -0.05) is 30.3 Å². The fourth-order valence-electron chi connectivity index (χ4n) is 5.29. The topological polar surface area (TPSA) is 74.7 Å². The SMILES string of the molecule is O=C(O)C(c1ccccc1C1CC1)N1C[C@@H](F)[C@@H](OCCCCc2ccc3c(n2)NCCC3)C1. The highest BCUT2D eigenvalue weighted by Crippen LogP contribution is 2.44. The number of aromatic nitrogens is 1. The van der Waals surface area contributed by atoms with E-state index in [9.17, 15) is 14.3 Å². The summed E-state index contributed by atoms with van der Waals surface area (Å²) < 4.78 is 20.7. The van der Waals surface area contributed by atoms with Crippen LogP contribution in [0.1, 0.15) is 66.4 Å². The van der Waals surface area contributed by atoms with Crippen LogP contribution in [0.25, 0.3) is 0 Å². The number of rotatable bonds is 10. The molecule has 3 atom stereocenters. The van der Waals surface area contributed by atoms with Crippen LogP contribution >= 0.6 is 0 Å². The molecule has 5 rings (SSSR count). The number of aliphatic carboxylic acids is 1. The third-order valence-corrected chi connectivity index (χ3v) is 7.24. The summed E-state index contributed by atoms with van der Waals surface area (Å²) in [5.41, 5.74) is 4.26. The van der Waals surface area contributed by atoms with Crippen LogP contribution in [-0.4, -0.2) is 59.5 Å². The molecule has 34 heavy (non-hydrogen) atoms. The Bertz CT molecular complexity index is 1010. The number of carboxylic acids is 1.